The predicted molar refractivity (Wildman–Crippen MR) is 112 cm³/mol. The van der Waals surface area contributed by atoms with E-state index in [-0.39, 0.29) is 5.91 Å². The van der Waals surface area contributed by atoms with Gasteiger partial charge in [0.2, 0.25) is 11.9 Å². The first kappa shape index (κ1) is 18.9. The number of anilines is 5. The number of para-hydroxylation sites is 2. The van der Waals surface area contributed by atoms with E-state index in [0.29, 0.717) is 23.1 Å². The highest BCUT2D eigenvalue weighted by Crippen LogP contribution is 2.27. The Morgan fingerprint density at radius 3 is 2.68 bits per heavy atom. The van der Waals surface area contributed by atoms with Gasteiger partial charge in [0.05, 0.1) is 18.5 Å². The largest absolute Gasteiger partial charge is 0.497 e. The molecule has 0 saturated heterocycles. The molecule has 0 atom stereocenters. The van der Waals surface area contributed by atoms with Gasteiger partial charge in [-0.25, -0.2) is 4.98 Å². The number of ether oxygens (including phenoxy) is 1. The van der Waals surface area contributed by atoms with Crippen LogP contribution in [0.1, 0.15) is 0 Å². The van der Waals surface area contributed by atoms with Gasteiger partial charge in [-0.15, -0.1) is 0 Å². The van der Waals surface area contributed by atoms with Crippen LogP contribution in [-0.2, 0) is 4.79 Å². The Morgan fingerprint density at radius 1 is 1.14 bits per heavy atom. The third kappa shape index (κ3) is 4.45. The molecule has 0 aliphatic heterocycles. The van der Waals surface area contributed by atoms with Crippen LogP contribution in [-0.4, -0.2) is 30.0 Å². The molecular weight excluding hydrogens is 354 g/mol. The quantitative estimate of drug-likeness (QED) is 0.605. The van der Waals surface area contributed by atoms with E-state index in [2.05, 4.69) is 27.2 Å². The van der Waals surface area contributed by atoms with Gasteiger partial charge >= 0.3 is 0 Å². The van der Waals surface area contributed by atoms with Crippen LogP contribution in [0, 0.1) is 0 Å². The van der Waals surface area contributed by atoms with Crippen LogP contribution >= 0.6 is 0 Å². The molecule has 3 rings (SSSR count). The van der Waals surface area contributed by atoms with Crippen molar-refractivity contribution in [2.24, 2.45) is 0 Å². The highest BCUT2D eigenvalue weighted by Gasteiger charge is 2.10. The zero-order valence-corrected chi connectivity index (χ0v) is 15.7. The molecule has 0 aliphatic rings. The zero-order valence-electron chi connectivity index (χ0n) is 15.7. The maximum atomic E-state index is 11.6. The van der Waals surface area contributed by atoms with Crippen molar-refractivity contribution in [1.29, 1.82) is 0 Å². The van der Waals surface area contributed by atoms with Crippen LogP contribution < -0.4 is 20.3 Å². The standard InChI is InChI=1S/C21H21N5O2/c1-4-20(27)23-17-10-5-6-11-18(17)24-21-22-13-12-19(25-21)26(2)15-8-7-9-16(14-15)28-3/h4-14H,1H2,2-3H3,(H,23,27)(H,22,24,25). The summed E-state index contributed by atoms with van der Waals surface area (Å²) in [5, 5.41) is 5.91. The number of methoxy groups -OCH3 is 1. The molecule has 0 fully saturated rings. The van der Waals surface area contributed by atoms with Gasteiger partial charge in [-0.3, -0.25) is 4.79 Å². The summed E-state index contributed by atoms with van der Waals surface area (Å²) < 4.78 is 5.28. The van der Waals surface area contributed by atoms with Crippen molar-refractivity contribution in [3.8, 4) is 5.75 Å². The number of rotatable bonds is 7. The van der Waals surface area contributed by atoms with Gasteiger partial charge in [0.25, 0.3) is 0 Å². The Morgan fingerprint density at radius 2 is 1.93 bits per heavy atom. The fourth-order valence-corrected chi connectivity index (χ4v) is 2.55. The molecule has 2 aromatic carbocycles. The molecule has 142 valence electrons. The monoisotopic (exact) mass is 375 g/mol. The first-order valence-corrected chi connectivity index (χ1v) is 8.61. The molecule has 3 aromatic rings. The minimum absolute atomic E-state index is 0.290. The molecule has 0 saturated carbocycles. The Balaban J connectivity index is 1.84. The van der Waals surface area contributed by atoms with Crippen LogP contribution in [0.5, 0.6) is 5.75 Å². The lowest BCUT2D eigenvalue weighted by atomic mass is 10.2. The molecule has 0 spiro atoms. The summed E-state index contributed by atoms with van der Waals surface area (Å²) >= 11 is 0. The third-order valence-corrected chi connectivity index (χ3v) is 4.04. The minimum atomic E-state index is -0.290. The van der Waals surface area contributed by atoms with Crippen LogP contribution in [0.15, 0.2) is 73.4 Å². The van der Waals surface area contributed by atoms with Gasteiger partial charge in [-0.1, -0.05) is 24.8 Å². The van der Waals surface area contributed by atoms with Crippen LogP contribution in [0.4, 0.5) is 28.8 Å². The summed E-state index contributed by atoms with van der Waals surface area (Å²) in [6, 6.07) is 16.8. The van der Waals surface area contributed by atoms with Gasteiger partial charge in [0, 0.05) is 25.0 Å². The van der Waals surface area contributed by atoms with Gasteiger partial charge in [-0.2, -0.15) is 4.98 Å². The number of nitrogens with zero attached hydrogens (tertiary/aromatic N) is 3. The van der Waals surface area contributed by atoms with E-state index < -0.39 is 0 Å². The van der Waals surface area contributed by atoms with E-state index in [1.807, 2.05) is 60.5 Å². The van der Waals surface area contributed by atoms with Crippen LogP contribution in [0.3, 0.4) is 0 Å². The van der Waals surface area contributed by atoms with Crippen LogP contribution in [0.25, 0.3) is 0 Å². The number of amides is 1. The predicted octanol–water partition coefficient (Wildman–Crippen LogP) is 4.12. The van der Waals surface area contributed by atoms with E-state index in [1.54, 1.807) is 19.4 Å². The topological polar surface area (TPSA) is 79.4 Å². The molecular formula is C21H21N5O2. The number of benzene rings is 2. The molecule has 2 N–H and O–H groups in total. The Hall–Kier alpha value is -3.87. The summed E-state index contributed by atoms with van der Waals surface area (Å²) in [6.45, 7) is 3.47. The van der Waals surface area contributed by atoms with Crippen molar-refractivity contribution < 1.29 is 9.53 Å². The SMILES string of the molecule is C=CC(=O)Nc1ccccc1Nc1nccc(N(C)c2cccc(OC)c2)n1. The first-order chi connectivity index (χ1) is 13.6. The number of hydrogen-bond donors (Lipinski definition) is 2. The second kappa shape index (κ2) is 8.68. The lowest BCUT2D eigenvalue weighted by molar-refractivity contribution is -0.111. The normalized spacial score (nSPS) is 10.1. The summed E-state index contributed by atoms with van der Waals surface area (Å²) in [7, 11) is 3.55. The van der Waals surface area contributed by atoms with E-state index in [9.17, 15) is 4.79 Å². The second-order valence-corrected chi connectivity index (χ2v) is 5.86. The molecule has 7 heteroatoms. The van der Waals surface area contributed by atoms with Crippen molar-refractivity contribution in [3.05, 3.63) is 73.4 Å². The maximum Gasteiger partial charge on any atom is 0.247 e. The summed E-state index contributed by atoms with van der Waals surface area (Å²) in [6.07, 6.45) is 2.89. The molecule has 0 bridgehead atoms. The average Bonchev–Trinajstić information content (AvgIpc) is 2.74. The Labute approximate surface area is 163 Å². The first-order valence-electron chi connectivity index (χ1n) is 8.61. The highest BCUT2D eigenvalue weighted by molar-refractivity contribution is 6.01. The average molecular weight is 375 g/mol. The van der Waals surface area contributed by atoms with E-state index in [1.165, 1.54) is 6.08 Å². The molecule has 0 aliphatic carbocycles. The molecule has 28 heavy (non-hydrogen) atoms. The smallest absolute Gasteiger partial charge is 0.247 e. The van der Waals surface area contributed by atoms with Gasteiger partial charge < -0.3 is 20.3 Å². The van der Waals surface area contributed by atoms with Crippen molar-refractivity contribution in [1.82, 2.24) is 9.97 Å². The summed E-state index contributed by atoms with van der Waals surface area (Å²) in [4.78, 5) is 22.4. The van der Waals surface area contributed by atoms with Gasteiger partial charge in [-0.05, 0) is 36.4 Å². The Kier molecular flexibility index (Phi) is 5.86. The molecule has 1 heterocycles. The van der Waals surface area contributed by atoms with Crippen molar-refractivity contribution in [3.63, 3.8) is 0 Å². The third-order valence-electron chi connectivity index (χ3n) is 4.04. The number of aromatic nitrogens is 2. The number of carbonyl (C=O) groups excluding carboxylic acids is 1. The van der Waals surface area contributed by atoms with E-state index >= 15 is 0 Å². The molecule has 0 radical (unpaired) electrons. The molecule has 1 aromatic heterocycles. The fourth-order valence-electron chi connectivity index (χ4n) is 2.55. The molecule has 7 nitrogen and oxygen atoms in total. The number of carbonyl (C=O) groups is 1. The number of hydrogen-bond acceptors (Lipinski definition) is 6. The van der Waals surface area contributed by atoms with E-state index in [4.69, 9.17) is 4.74 Å². The molecule has 0 unspecified atom stereocenters. The van der Waals surface area contributed by atoms with Crippen LogP contribution in [0.2, 0.25) is 0 Å². The Bertz CT molecular complexity index is 990. The lowest BCUT2D eigenvalue weighted by Crippen LogP contribution is -2.13. The van der Waals surface area contributed by atoms with E-state index in [0.717, 1.165) is 11.4 Å². The van der Waals surface area contributed by atoms with Crippen molar-refractivity contribution in [2.75, 3.05) is 29.7 Å². The van der Waals surface area contributed by atoms with Crippen molar-refractivity contribution >= 4 is 34.7 Å². The van der Waals surface area contributed by atoms with Crippen molar-refractivity contribution in [2.45, 2.75) is 0 Å². The fraction of sp³-hybridized carbons (Fsp3) is 0.0952. The van der Waals surface area contributed by atoms with Gasteiger partial charge in [0.15, 0.2) is 0 Å². The van der Waals surface area contributed by atoms with Gasteiger partial charge in [0.1, 0.15) is 11.6 Å². The second-order valence-electron chi connectivity index (χ2n) is 5.86. The summed E-state index contributed by atoms with van der Waals surface area (Å²) in [5.41, 5.74) is 2.23. The maximum absolute atomic E-state index is 11.6. The lowest BCUT2D eigenvalue weighted by Gasteiger charge is -2.19. The molecule has 1 amide bonds. The minimum Gasteiger partial charge on any atom is -0.497 e. The zero-order chi connectivity index (χ0) is 19.9. The number of nitrogens with one attached hydrogen (secondary N) is 2. The summed E-state index contributed by atoms with van der Waals surface area (Å²) in [5.74, 6) is 1.59. The highest BCUT2D eigenvalue weighted by atomic mass is 16.5.